The van der Waals surface area contributed by atoms with Crippen molar-refractivity contribution in [3.63, 3.8) is 0 Å². The van der Waals surface area contributed by atoms with Crippen LogP contribution in [0.3, 0.4) is 0 Å². The van der Waals surface area contributed by atoms with Crippen LogP contribution in [0.1, 0.15) is 24.2 Å². The van der Waals surface area contributed by atoms with Gasteiger partial charge in [0.1, 0.15) is 0 Å². The first-order valence-corrected chi connectivity index (χ1v) is 5.73. The zero-order valence-electron chi connectivity index (χ0n) is 10.1. The Morgan fingerprint density at radius 3 is 2.71 bits per heavy atom. The molecule has 1 rings (SSSR count). The summed E-state index contributed by atoms with van der Waals surface area (Å²) >= 11 is 4.98. The fourth-order valence-electron chi connectivity index (χ4n) is 1.20. The van der Waals surface area contributed by atoms with Crippen molar-refractivity contribution >= 4 is 29.0 Å². The van der Waals surface area contributed by atoms with Gasteiger partial charge in [-0.3, -0.25) is 0 Å². The smallest absolute Gasteiger partial charge is 0.338 e. The third-order valence-corrected chi connectivity index (χ3v) is 2.23. The van der Waals surface area contributed by atoms with Crippen molar-refractivity contribution in [2.75, 3.05) is 12.4 Å². The van der Waals surface area contributed by atoms with Crippen LogP contribution >= 0.6 is 12.2 Å². The summed E-state index contributed by atoms with van der Waals surface area (Å²) in [6, 6.07) is 7.01. The molecule has 4 nitrogen and oxygen atoms in total. The lowest BCUT2D eigenvalue weighted by atomic mass is 10.2. The molecule has 0 atom stereocenters. The molecular formula is C12H16N2O2S. The monoisotopic (exact) mass is 252 g/mol. The van der Waals surface area contributed by atoms with Gasteiger partial charge >= 0.3 is 5.97 Å². The molecule has 0 aromatic heterocycles. The molecule has 0 spiro atoms. The van der Waals surface area contributed by atoms with Crippen LogP contribution in [0.4, 0.5) is 5.69 Å². The van der Waals surface area contributed by atoms with Gasteiger partial charge in [0, 0.05) is 12.7 Å². The van der Waals surface area contributed by atoms with Gasteiger partial charge in [-0.15, -0.1) is 0 Å². The molecule has 2 N–H and O–H groups in total. The summed E-state index contributed by atoms with van der Waals surface area (Å²) in [5, 5.41) is 6.25. The number of anilines is 1. The van der Waals surface area contributed by atoms with Crippen molar-refractivity contribution in [1.29, 1.82) is 0 Å². The molecule has 1 aromatic rings. The molecule has 17 heavy (non-hydrogen) atoms. The molecule has 0 aliphatic rings. The summed E-state index contributed by atoms with van der Waals surface area (Å²) in [4.78, 5) is 11.7. The quantitative estimate of drug-likeness (QED) is 0.638. The number of rotatable bonds is 3. The van der Waals surface area contributed by atoms with Gasteiger partial charge in [0.25, 0.3) is 0 Å². The van der Waals surface area contributed by atoms with Gasteiger partial charge in [-0.2, -0.15) is 0 Å². The SMILES string of the molecule is CNC(=S)Nc1cccc(C(=O)OC(C)C)c1. The van der Waals surface area contributed by atoms with E-state index in [0.29, 0.717) is 10.7 Å². The van der Waals surface area contributed by atoms with Crippen molar-refractivity contribution in [2.24, 2.45) is 0 Å². The summed E-state index contributed by atoms with van der Waals surface area (Å²) in [6.45, 7) is 3.63. The highest BCUT2D eigenvalue weighted by atomic mass is 32.1. The van der Waals surface area contributed by atoms with E-state index in [1.807, 2.05) is 19.9 Å². The Balaban J connectivity index is 2.78. The zero-order chi connectivity index (χ0) is 12.8. The molecule has 5 heteroatoms. The maximum Gasteiger partial charge on any atom is 0.338 e. The van der Waals surface area contributed by atoms with Crippen LogP contribution in [0.5, 0.6) is 0 Å². The van der Waals surface area contributed by atoms with E-state index in [2.05, 4.69) is 10.6 Å². The van der Waals surface area contributed by atoms with Gasteiger partial charge in [0.2, 0.25) is 0 Å². The highest BCUT2D eigenvalue weighted by Crippen LogP contribution is 2.12. The lowest BCUT2D eigenvalue weighted by Crippen LogP contribution is -2.24. The number of nitrogens with one attached hydrogen (secondary N) is 2. The minimum absolute atomic E-state index is 0.127. The highest BCUT2D eigenvalue weighted by Gasteiger charge is 2.09. The summed E-state index contributed by atoms with van der Waals surface area (Å²) in [5.74, 6) is -0.334. The minimum Gasteiger partial charge on any atom is -0.459 e. The van der Waals surface area contributed by atoms with Crippen LogP contribution < -0.4 is 10.6 Å². The predicted molar refractivity (Wildman–Crippen MR) is 72.3 cm³/mol. The number of thiocarbonyl (C=S) groups is 1. The molecule has 0 bridgehead atoms. The minimum atomic E-state index is -0.334. The van der Waals surface area contributed by atoms with Crippen molar-refractivity contribution < 1.29 is 9.53 Å². The Kier molecular flexibility index (Phi) is 4.90. The van der Waals surface area contributed by atoms with Gasteiger partial charge < -0.3 is 15.4 Å². The molecule has 0 radical (unpaired) electrons. The summed E-state index contributed by atoms with van der Waals surface area (Å²) in [5.41, 5.74) is 1.25. The second-order valence-electron chi connectivity index (χ2n) is 3.74. The Morgan fingerprint density at radius 1 is 1.41 bits per heavy atom. The Hall–Kier alpha value is -1.62. The van der Waals surface area contributed by atoms with Crippen molar-refractivity contribution in [3.8, 4) is 0 Å². The first-order valence-electron chi connectivity index (χ1n) is 5.32. The summed E-state index contributed by atoms with van der Waals surface area (Å²) in [6.07, 6.45) is -0.127. The number of esters is 1. The molecule has 0 heterocycles. The molecule has 0 fully saturated rings. The van der Waals surface area contributed by atoms with Crippen LogP contribution in [-0.4, -0.2) is 24.2 Å². The average Bonchev–Trinajstić information content (AvgIpc) is 2.28. The number of ether oxygens (including phenoxy) is 1. The second-order valence-corrected chi connectivity index (χ2v) is 4.15. The molecule has 92 valence electrons. The zero-order valence-corrected chi connectivity index (χ0v) is 10.9. The third kappa shape index (κ3) is 4.40. The van der Waals surface area contributed by atoms with Crippen molar-refractivity contribution in [3.05, 3.63) is 29.8 Å². The van der Waals surface area contributed by atoms with Crippen LogP contribution in [0, 0.1) is 0 Å². The van der Waals surface area contributed by atoms with Gasteiger partial charge in [-0.1, -0.05) is 6.07 Å². The van der Waals surface area contributed by atoms with E-state index < -0.39 is 0 Å². The number of hydrogen-bond acceptors (Lipinski definition) is 3. The number of hydrogen-bond donors (Lipinski definition) is 2. The Labute approximate surface area is 106 Å². The van der Waals surface area contributed by atoms with Crippen LogP contribution in [-0.2, 0) is 4.74 Å². The third-order valence-electron chi connectivity index (χ3n) is 1.93. The number of carbonyl (C=O) groups excluding carboxylic acids is 1. The fourth-order valence-corrected chi connectivity index (χ4v) is 1.32. The molecule has 0 unspecified atom stereocenters. The topological polar surface area (TPSA) is 50.4 Å². The van der Waals surface area contributed by atoms with E-state index >= 15 is 0 Å². The van der Waals surface area contributed by atoms with E-state index in [9.17, 15) is 4.79 Å². The molecule has 0 aliphatic carbocycles. The van der Waals surface area contributed by atoms with E-state index in [0.717, 1.165) is 5.69 Å². The van der Waals surface area contributed by atoms with Gasteiger partial charge in [0.15, 0.2) is 5.11 Å². The lowest BCUT2D eigenvalue weighted by molar-refractivity contribution is 0.0378. The standard InChI is InChI=1S/C12H16N2O2S/c1-8(2)16-11(15)9-5-4-6-10(7-9)14-12(17)13-3/h4-8H,1-3H3,(H2,13,14,17). The molecule has 0 amide bonds. The normalized spacial score (nSPS) is 9.88. The second kappa shape index (κ2) is 6.20. The lowest BCUT2D eigenvalue weighted by Gasteiger charge is -2.10. The number of benzene rings is 1. The van der Waals surface area contributed by atoms with E-state index in [4.69, 9.17) is 17.0 Å². The van der Waals surface area contributed by atoms with Crippen molar-refractivity contribution in [1.82, 2.24) is 5.32 Å². The van der Waals surface area contributed by atoms with Crippen molar-refractivity contribution in [2.45, 2.75) is 20.0 Å². The maximum atomic E-state index is 11.7. The Morgan fingerprint density at radius 2 is 2.12 bits per heavy atom. The maximum absolute atomic E-state index is 11.7. The summed E-state index contributed by atoms with van der Waals surface area (Å²) < 4.78 is 5.11. The van der Waals surface area contributed by atoms with E-state index in [-0.39, 0.29) is 12.1 Å². The molecule has 0 saturated carbocycles. The molecule has 1 aromatic carbocycles. The summed E-state index contributed by atoms with van der Waals surface area (Å²) in [7, 11) is 1.73. The first-order chi connectivity index (χ1) is 8.02. The molecular weight excluding hydrogens is 236 g/mol. The highest BCUT2D eigenvalue weighted by molar-refractivity contribution is 7.80. The molecule has 0 aliphatic heterocycles. The first kappa shape index (κ1) is 13.4. The van der Waals surface area contributed by atoms with Gasteiger partial charge in [0.05, 0.1) is 11.7 Å². The molecule has 0 saturated heterocycles. The van der Waals surface area contributed by atoms with Crippen LogP contribution in [0.2, 0.25) is 0 Å². The van der Waals surface area contributed by atoms with Gasteiger partial charge in [-0.25, -0.2) is 4.79 Å². The fraction of sp³-hybridized carbons (Fsp3) is 0.333. The largest absolute Gasteiger partial charge is 0.459 e. The predicted octanol–water partition coefficient (Wildman–Crippen LogP) is 2.17. The van der Waals surface area contributed by atoms with E-state index in [1.165, 1.54) is 0 Å². The van der Waals surface area contributed by atoms with Crippen LogP contribution in [0.25, 0.3) is 0 Å². The number of carbonyl (C=O) groups is 1. The van der Waals surface area contributed by atoms with E-state index in [1.54, 1.807) is 25.2 Å². The Bertz CT molecular complexity index is 419. The van der Waals surface area contributed by atoms with Gasteiger partial charge in [-0.05, 0) is 44.3 Å². The average molecular weight is 252 g/mol. The van der Waals surface area contributed by atoms with Crippen LogP contribution in [0.15, 0.2) is 24.3 Å².